The van der Waals surface area contributed by atoms with E-state index in [9.17, 15) is 0 Å². The minimum absolute atomic E-state index is 0.373. The minimum Gasteiger partial charge on any atom is -0.496 e. The van der Waals surface area contributed by atoms with Crippen LogP contribution in [0, 0.1) is 5.41 Å². The summed E-state index contributed by atoms with van der Waals surface area (Å²) in [7, 11) is 1.64. The van der Waals surface area contributed by atoms with Crippen LogP contribution in [0.4, 0.5) is 5.69 Å². The summed E-state index contributed by atoms with van der Waals surface area (Å²) in [6.45, 7) is 3.07. The Bertz CT molecular complexity index is 618. The van der Waals surface area contributed by atoms with Crippen molar-refractivity contribution in [2.75, 3.05) is 12.8 Å². The molecule has 1 aromatic carbocycles. The molecule has 0 bridgehead atoms. The Labute approximate surface area is 117 Å². The highest BCUT2D eigenvalue weighted by molar-refractivity contribution is 5.68. The molecule has 1 heterocycles. The fraction of sp³-hybridized carbons (Fsp3) is 0.500. The highest BCUT2D eigenvalue weighted by Crippen LogP contribution is 2.50. The maximum Gasteiger partial charge on any atom is 0.185 e. The number of tetrazole rings is 1. The summed E-state index contributed by atoms with van der Waals surface area (Å²) in [6, 6.07) is 5.51. The predicted octanol–water partition coefficient (Wildman–Crippen LogP) is 2.12. The largest absolute Gasteiger partial charge is 0.496 e. The second-order valence-electron chi connectivity index (χ2n) is 5.47. The number of methoxy groups -OCH3 is 1. The lowest BCUT2D eigenvalue weighted by Crippen LogP contribution is -2.13. The molecule has 0 atom stereocenters. The van der Waals surface area contributed by atoms with Gasteiger partial charge < -0.3 is 10.5 Å². The summed E-state index contributed by atoms with van der Waals surface area (Å²) in [6.07, 6.45) is 3.65. The Balaban J connectivity index is 1.99. The van der Waals surface area contributed by atoms with Crippen LogP contribution in [-0.4, -0.2) is 27.3 Å². The molecule has 0 spiro atoms. The second kappa shape index (κ2) is 4.77. The van der Waals surface area contributed by atoms with Crippen molar-refractivity contribution in [2.45, 2.75) is 32.7 Å². The van der Waals surface area contributed by atoms with E-state index in [1.807, 2.05) is 22.9 Å². The molecule has 6 heteroatoms. The van der Waals surface area contributed by atoms with Gasteiger partial charge in [0.1, 0.15) is 5.75 Å². The number of hydrogen-bond acceptors (Lipinski definition) is 5. The monoisotopic (exact) mass is 273 g/mol. The lowest BCUT2D eigenvalue weighted by molar-refractivity contribution is 0.380. The van der Waals surface area contributed by atoms with Crippen molar-refractivity contribution in [3.63, 3.8) is 0 Å². The zero-order valence-corrected chi connectivity index (χ0v) is 11.8. The van der Waals surface area contributed by atoms with Gasteiger partial charge in [-0.3, -0.25) is 0 Å². The van der Waals surface area contributed by atoms with Gasteiger partial charge in [0, 0.05) is 5.69 Å². The molecule has 0 aliphatic heterocycles. The summed E-state index contributed by atoms with van der Waals surface area (Å²) in [5.74, 6) is 1.45. The molecule has 2 N–H and O–H groups in total. The summed E-state index contributed by atoms with van der Waals surface area (Å²) < 4.78 is 7.26. The van der Waals surface area contributed by atoms with E-state index in [2.05, 4.69) is 22.4 Å². The second-order valence-corrected chi connectivity index (χ2v) is 5.47. The number of hydrogen-bond donors (Lipinski definition) is 1. The molecule has 0 unspecified atom stereocenters. The van der Waals surface area contributed by atoms with E-state index >= 15 is 0 Å². The Morgan fingerprint density at radius 3 is 2.85 bits per heavy atom. The summed E-state index contributed by atoms with van der Waals surface area (Å²) >= 11 is 0. The van der Waals surface area contributed by atoms with Crippen molar-refractivity contribution in [1.29, 1.82) is 0 Å². The maximum atomic E-state index is 5.87. The number of nitrogens with two attached hydrogens (primary N) is 1. The average molecular weight is 273 g/mol. The van der Waals surface area contributed by atoms with Crippen LogP contribution in [0.2, 0.25) is 0 Å². The van der Waals surface area contributed by atoms with Crippen molar-refractivity contribution in [3.05, 3.63) is 18.2 Å². The van der Waals surface area contributed by atoms with Gasteiger partial charge in [-0.15, -0.1) is 5.10 Å². The van der Waals surface area contributed by atoms with E-state index in [0.717, 1.165) is 24.3 Å². The van der Waals surface area contributed by atoms with Gasteiger partial charge in [-0.25, -0.2) is 4.68 Å². The third-order valence-corrected chi connectivity index (χ3v) is 4.19. The Kier molecular flexibility index (Phi) is 3.08. The summed E-state index contributed by atoms with van der Waals surface area (Å²) in [5, 5.41) is 12.1. The van der Waals surface area contributed by atoms with Gasteiger partial charge in [0.05, 0.1) is 19.2 Å². The van der Waals surface area contributed by atoms with Gasteiger partial charge in [-0.2, -0.15) is 0 Å². The zero-order valence-electron chi connectivity index (χ0n) is 11.8. The van der Waals surface area contributed by atoms with E-state index in [1.165, 1.54) is 12.8 Å². The van der Waals surface area contributed by atoms with Crippen molar-refractivity contribution in [2.24, 2.45) is 5.41 Å². The third-order valence-electron chi connectivity index (χ3n) is 4.19. The van der Waals surface area contributed by atoms with Crippen LogP contribution in [0.3, 0.4) is 0 Å². The first-order valence-corrected chi connectivity index (χ1v) is 6.87. The number of aromatic nitrogens is 4. The summed E-state index contributed by atoms with van der Waals surface area (Å²) in [5.41, 5.74) is 7.75. The van der Waals surface area contributed by atoms with Crippen LogP contribution in [0.25, 0.3) is 11.4 Å². The van der Waals surface area contributed by atoms with Gasteiger partial charge in [-0.1, -0.05) is 6.92 Å². The number of rotatable bonds is 5. The number of benzene rings is 1. The molecule has 1 aliphatic carbocycles. The van der Waals surface area contributed by atoms with E-state index in [0.29, 0.717) is 16.9 Å². The first-order valence-electron chi connectivity index (χ1n) is 6.87. The predicted molar refractivity (Wildman–Crippen MR) is 76.2 cm³/mol. The molecule has 6 nitrogen and oxygen atoms in total. The van der Waals surface area contributed by atoms with Crippen molar-refractivity contribution in [1.82, 2.24) is 20.2 Å². The van der Waals surface area contributed by atoms with Crippen molar-refractivity contribution in [3.8, 4) is 17.1 Å². The van der Waals surface area contributed by atoms with Crippen LogP contribution in [-0.2, 0) is 6.54 Å². The fourth-order valence-electron chi connectivity index (χ4n) is 2.52. The molecule has 1 saturated carbocycles. The van der Waals surface area contributed by atoms with E-state index < -0.39 is 0 Å². The number of anilines is 1. The molecular formula is C14H19N5O. The van der Waals surface area contributed by atoms with E-state index in [1.54, 1.807) is 7.11 Å². The summed E-state index contributed by atoms with van der Waals surface area (Å²) in [4.78, 5) is 0. The van der Waals surface area contributed by atoms with Gasteiger partial charge in [0.15, 0.2) is 5.82 Å². The van der Waals surface area contributed by atoms with Gasteiger partial charge in [-0.05, 0) is 53.3 Å². The Morgan fingerprint density at radius 2 is 2.20 bits per heavy atom. The lowest BCUT2D eigenvalue weighted by atomic mass is 10.0. The highest BCUT2D eigenvalue weighted by atomic mass is 16.5. The zero-order chi connectivity index (χ0) is 14.2. The molecular weight excluding hydrogens is 254 g/mol. The van der Waals surface area contributed by atoms with Crippen molar-refractivity contribution >= 4 is 5.69 Å². The maximum absolute atomic E-state index is 5.87. The third kappa shape index (κ3) is 2.21. The number of ether oxygens (including phenoxy) is 1. The van der Waals surface area contributed by atoms with Crippen LogP contribution < -0.4 is 10.5 Å². The van der Waals surface area contributed by atoms with Crippen LogP contribution >= 0.6 is 0 Å². The molecule has 106 valence electrons. The van der Waals surface area contributed by atoms with Gasteiger partial charge in [0.25, 0.3) is 0 Å². The van der Waals surface area contributed by atoms with Crippen LogP contribution in [0.1, 0.15) is 26.2 Å². The van der Waals surface area contributed by atoms with E-state index in [4.69, 9.17) is 10.5 Å². The average Bonchev–Trinajstić information content (AvgIpc) is 3.08. The normalized spacial score (nSPS) is 16.1. The molecule has 20 heavy (non-hydrogen) atoms. The smallest absolute Gasteiger partial charge is 0.185 e. The number of nitrogen functional groups attached to an aromatic ring is 1. The molecule has 1 fully saturated rings. The quantitative estimate of drug-likeness (QED) is 0.844. The van der Waals surface area contributed by atoms with Gasteiger partial charge in [0.2, 0.25) is 0 Å². The van der Waals surface area contributed by atoms with Crippen molar-refractivity contribution < 1.29 is 4.74 Å². The Morgan fingerprint density at radius 1 is 1.40 bits per heavy atom. The molecule has 1 aromatic heterocycles. The van der Waals surface area contributed by atoms with Crippen LogP contribution in [0.5, 0.6) is 5.75 Å². The lowest BCUT2D eigenvalue weighted by Gasteiger charge is -2.14. The first kappa shape index (κ1) is 12.9. The van der Waals surface area contributed by atoms with Crippen LogP contribution in [0.15, 0.2) is 18.2 Å². The molecule has 0 saturated heterocycles. The number of nitrogens with zero attached hydrogens (tertiary/aromatic N) is 4. The topological polar surface area (TPSA) is 78.9 Å². The highest BCUT2D eigenvalue weighted by Gasteiger charge is 2.42. The molecule has 2 aromatic rings. The standard InChI is InChI=1S/C14H19N5O/c1-3-14(6-7-14)9-19-13(16-17-18-19)11-8-10(15)4-5-12(11)20-2/h4-5,8H,3,6-7,9,15H2,1-2H3. The molecule has 0 amide bonds. The van der Waals surface area contributed by atoms with Gasteiger partial charge >= 0.3 is 0 Å². The first-order chi connectivity index (χ1) is 9.67. The minimum atomic E-state index is 0.373. The SMILES string of the molecule is CCC1(Cn2nnnc2-c2cc(N)ccc2OC)CC1. The molecule has 3 rings (SSSR count). The fourth-order valence-corrected chi connectivity index (χ4v) is 2.52. The molecule has 0 radical (unpaired) electrons. The molecule has 1 aliphatic rings. The Hall–Kier alpha value is -2.11. The van der Waals surface area contributed by atoms with E-state index in [-0.39, 0.29) is 0 Å².